The highest BCUT2D eigenvalue weighted by Gasteiger charge is 2.28. The smallest absolute Gasteiger partial charge is 0.251 e. The van der Waals surface area contributed by atoms with Crippen molar-refractivity contribution in [1.82, 2.24) is 16.0 Å². The van der Waals surface area contributed by atoms with Crippen molar-refractivity contribution in [1.29, 1.82) is 0 Å². The van der Waals surface area contributed by atoms with E-state index in [2.05, 4.69) is 22.0 Å². The van der Waals surface area contributed by atoms with Gasteiger partial charge in [-0.2, -0.15) is 0 Å². The summed E-state index contributed by atoms with van der Waals surface area (Å²) in [6.45, 7) is 2.64. The summed E-state index contributed by atoms with van der Waals surface area (Å²) in [6, 6.07) is 14.9. The first-order valence-electron chi connectivity index (χ1n) is 16.9. The van der Waals surface area contributed by atoms with Gasteiger partial charge in [0.05, 0.1) is 18.2 Å². The maximum Gasteiger partial charge on any atom is 0.251 e. The van der Waals surface area contributed by atoms with Gasteiger partial charge >= 0.3 is 0 Å². The molecular formula is C36H50N4O4. The van der Waals surface area contributed by atoms with Crippen LogP contribution < -0.4 is 20.9 Å². The molecule has 5 rings (SSSR count). The third kappa shape index (κ3) is 8.69. The van der Waals surface area contributed by atoms with Gasteiger partial charge in [-0.25, -0.2) is 0 Å². The van der Waals surface area contributed by atoms with E-state index < -0.39 is 18.2 Å². The first-order valence-corrected chi connectivity index (χ1v) is 16.9. The van der Waals surface area contributed by atoms with Crippen molar-refractivity contribution in [3.8, 4) is 0 Å². The predicted molar refractivity (Wildman–Crippen MR) is 174 cm³/mol. The van der Waals surface area contributed by atoms with Crippen LogP contribution in [-0.4, -0.2) is 60.1 Å². The Kier molecular flexibility index (Phi) is 11.5. The van der Waals surface area contributed by atoms with E-state index in [9.17, 15) is 19.5 Å². The quantitative estimate of drug-likeness (QED) is 0.274. The minimum Gasteiger partial charge on any atom is -0.390 e. The van der Waals surface area contributed by atoms with E-state index in [1.165, 1.54) is 25.7 Å². The number of rotatable bonds is 12. The van der Waals surface area contributed by atoms with Gasteiger partial charge in [-0.3, -0.25) is 14.4 Å². The summed E-state index contributed by atoms with van der Waals surface area (Å²) < 4.78 is 0. The fourth-order valence-electron chi connectivity index (χ4n) is 7.02. The fraction of sp³-hybridized carbons (Fsp3) is 0.583. The highest BCUT2D eigenvalue weighted by molar-refractivity contribution is 5.99. The summed E-state index contributed by atoms with van der Waals surface area (Å²) >= 11 is 0. The van der Waals surface area contributed by atoms with E-state index in [-0.39, 0.29) is 30.3 Å². The van der Waals surface area contributed by atoms with Crippen LogP contribution in [-0.2, 0) is 16.0 Å². The summed E-state index contributed by atoms with van der Waals surface area (Å²) in [4.78, 5) is 41.2. The minimum atomic E-state index is -0.926. The van der Waals surface area contributed by atoms with E-state index >= 15 is 0 Å². The topological polar surface area (TPSA) is 111 Å². The molecular weight excluding hydrogens is 552 g/mol. The van der Waals surface area contributed by atoms with Crippen LogP contribution in [0.25, 0.3) is 0 Å². The average molecular weight is 603 g/mol. The monoisotopic (exact) mass is 602 g/mol. The molecule has 2 aliphatic carbocycles. The van der Waals surface area contributed by atoms with Gasteiger partial charge in [-0.1, -0.05) is 68.9 Å². The van der Waals surface area contributed by atoms with E-state index in [0.29, 0.717) is 30.9 Å². The van der Waals surface area contributed by atoms with Crippen LogP contribution in [0, 0.1) is 0 Å². The number of hydrogen-bond donors (Lipinski definition) is 4. The van der Waals surface area contributed by atoms with Crippen LogP contribution in [0.4, 0.5) is 5.69 Å². The summed E-state index contributed by atoms with van der Waals surface area (Å²) in [5, 5.41) is 20.8. The molecule has 0 spiro atoms. The van der Waals surface area contributed by atoms with Crippen molar-refractivity contribution in [3.05, 3.63) is 65.2 Å². The van der Waals surface area contributed by atoms with Gasteiger partial charge < -0.3 is 26.0 Å². The van der Waals surface area contributed by atoms with E-state index in [0.717, 1.165) is 61.8 Å². The second kappa shape index (κ2) is 15.7. The molecule has 8 nitrogen and oxygen atoms in total. The highest BCUT2D eigenvalue weighted by Crippen LogP contribution is 2.36. The molecule has 0 radical (unpaired) electrons. The first-order chi connectivity index (χ1) is 21.4. The molecule has 2 saturated carbocycles. The van der Waals surface area contributed by atoms with Crippen LogP contribution in [0.1, 0.15) is 111 Å². The Labute approximate surface area is 262 Å². The maximum atomic E-state index is 13.9. The molecule has 3 amide bonds. The van der Waals surface area contributed by atoms with Crippen molar-refractivity contribution >= 4 is 23.4 Å². The molecule has 1 saturated heterocycles. The molecule has 1 heterocycles. The third-order valence-corrected chi connectivity index (χ3v) is 9.72. The second-order valence-electron chi connectivity index (χ2n) is 13.1. The minimum absolute atomic E-state index is 0.0590. The number of hydrogen-bond acceptors (Lipinski definition) is 5. The molecule has 238 valence electrons. The summed E-state index contributed by atoms with van der Waals surface area (Å²) in [7, 11) is 0. The summed E-state index contributed by atoms with van der Waals surface area (Å²) in [5.74, 6) is 0.154. The normalized spacial score (nSPS) is 20.2. The number of amides is 3. The zero-order chi connectivity index (χ0) is 30.9. The lowest BCUT2D eigenvalue weighted by molar-refractivity contribution is -0.123. The molecule has 2 aromatic rings. The Morgan fingerprint density at radius 1 is 0.932 bits per heavy atom. The predicted octanol–water partition coefficient (Wildman–Crippen LogP) is 4.99. The molecule has 8 heteroatoms. The molecule has 3 atom stereocenters. The molecule has 3 fully saturated rings. The van der Waals surface area contributed by atoms with Gasteiger partial charge in [-0.15, -0.1) is 0 Å². The summed E-state index contributed by atoms with van der Waals surface area (Å²) in [5.41, 5.74) is 3.42. The number of nitrogens with zero attached hydrogens (tertiary/aromatic N) is 1. The number of benzene rings is 2. The lowest BCUT2D eigenvalue weighted by atomic mass is 9.83. The largest absolute Gasteiger partial charge is 0.390 e. The molecule has 4 N–H and O–H groups in total. The average Bonchev–Trinajstić information content (AvgIpc) is 3.50. The third-order valence-electron chi connectivity index (χ3n) is 9.72. The fourth-order valence-corrected chi connectivity index (χ4v) is 7.02. The lowest BCUT2D eigenvalue weighted by Gasteiger charge is -2.28. The van der Waals surface area contributed by atoms with Crippen molar-refractivity contribution in [3.63, 3.8) is 0 Å². The van der Waals surface area contributed by atoms with Crippen LogP contribution in [0.3, 0.4) is 0 Å². The van der Waals surface area contributed by atoms with Crippen molar-refractivity contribution in [2.45, 2.75) is 121 Å². The number of carbonyl (C=O) groups excluding carboxylic acids is 3. The first kappa shape index (κ1) is 32.2. The van der Waals surface area contributed by atoms with E-state index in [4.69, 9.17) is 0 Å². The van der Waals surface area contributed by atoms with Crippen LogP contribution in [0.5, 0.6) is 0 Å². The number of nitrogens with one attached hydrogen (secondary N) is 3. The Hall–Kier alpha value is -3.23. The Morgan fingerprint density at radius 2 is 1.64 bits per heavy atom. The Balaban J connectivity index is 1.30. The molecule has 0 unspecified atom stereocenters. The highest BCUT2D eigenvalue weighted by atomic mass is 16.3. The van der Waals surface area contributed by atoms with Crippen LogP contribution >= 0.6 is 0 Å². The Bertz CT molecular complexity index is 1260. The zero-order valence-electron chi connectivity index (χ0n) is 26.2. The molecule has 2 aromatic carbocycles. The molecule has 44 heavy (non-hydrogen) atoms. The van der Waals surface area contributed by atoms with Gasteiger partial charge in [0.15, 0.2) is 0 Å². The van der Waals surface area contributed by atoms with Crippen molar-refractivity contribution in [2.24, 2.45) is 0 Å². The van der Waals surface area contributed by atoms with Gasteiger partial charge in [0, 0.05) is 36.8 Å². The van der Waals surface area contributed by atoms with E-state index in [1.807, 2.05) is 54.3 Å². The van der Waals surface area contributed by atoms with Crippen LogP contribution in [0.15, 0.2) is 48.5 Å². The number of aliphatic hydroxyl groups is 1. The van der Waals surface area contributed by atoms with Crippen LogP contribution in [0.2, 0.25) is 0 Å². The van der Waals surface area contributed by atoms with Gasteiger partial charge in [0.2, 0.25) is 11.8 Å². The molecule has 0 aromatic heterocycles. The number of anilines is 1. The second-order valence-corrected chi connectivity index (χ2v) is 13.1. The summed E-state index contributed by atoms with van der Waals surface area (Å²) in [6.07, 6.45) is 12.2. The number of aliphatic hydroxyl groups excluding tert-OH is 1. The molecule has 3 aliphatic rings. The number of carbonyl (C=O) groups is 3. The maximum absolute atomic E-state index is 13.9. The van der Waals surface area contributed by atoms with Gasteiger partial charge in [0.25, 0.3) is 5.91 Å². The van der Waals surface area contributed by atoms with Crippen molar-refractivity contribution < 1.29 is 19.5 Å². The van der Waals surface area contributed by atoms with Gasteiger partial charge in [0.1, 0.15) is 0 Å². The lowest BCUT2D eigenvalue weighted by Crippen LogP contribution is -2.53. The van der Waals surface area contributed by atoms with Gasteiger partial charge in [-0.05, 0) is 80.7 Å². The molecule has 0 bridgehead atoms. The van der Waals surface area contributed by atoms with E-state index in [1.54, 1.807) is 0 Å². The SMILES string of the molecule is C[C@H](NC[C@@H](O)[C@H](Cc1ccccc1)NC(=O)c1cc(C2CCCCC2)cc(N2CCCC2=O)c1)C(=O)NC1CCCCC1. The standard InChI is InChI=1S/C36H50N4O4/c1-25(35(43)38-30-16-9-4-10-17-30)37-24-33(41)32(20-26-12-5-2-6-13-26)39-36(44)29-21-28(27-14-7-3-8-15-27)22-31(23-29)40-19-11-18-34(40)42/h2,5-6,12-13,21-23,25,27,30,32-33,37,41H,3-4,7-11,14-20,24H2,1H3,(H,38,43)(H,39,44)/t25-,32-,33+/m0/s1. The molecule has 1 aliphatic heterocycles. The zero-order valence-corrected chi connectivity index (χ0v) is 26.2. The van der Waals surface area contributed by atoms with Crippen molar-refractivity contribution in [2.75, 3.05) is 18.0 Å². The Morgan fingerprint density at radius 3 is 2.32 bits per heavy atom.